The van der Waals surface area contributed by atoms with Crippen LogP contribution in [0.2, 0.25) is 0 Å². The number of carbonyl (C=O) groups excluding carboxylic acids is 1. The number of hydrogen-bond acceptors (Lipinski definition) is 7. The van der Waals surface area contributed by atoms with Gasteiger partial charge in [-0.25, -0.2) is 10.8 Å². The van der Waals surface area contributed by atoms with Crippen molar-refractivity contribution in [1.29, 1.82) is 0 Å². The smallest absolute Gasteiger partial charge is 0.320 e. The number of nitrogens with zero attached hydrogens (tertiary/aromatic N) is 6. The first kappa shape index (κ1) is 20.8. The van der Waals surface area contributed by atoms with Crippen LogP contribution in [0.1, 0.15) is 29.9 Å². The lowest BCUT2D eigenvalue weighted by atomic mass is 10.2. The van der Waals surface area contributed by atoms with Gasteiger partial charge in [-0.05, 0) is 12.1 Å². The van der Waals surface area contributed by atoms with Crippen LogP contribution in [0.5, 0.6) is 0 Å². The molecule has 2 heterocycles. The molecule has 0 atom stereocenters. The SMILES string of the molecule is CC.CN(N)/C(=N\N)NC(=O)c1ccc(C(F)(F)F)nc1-n1nccn1. The number of guanidine groups is 1. The highest BCUT2D eigenvalue weighted by atomic mass is 19.4. The molecule has 0 aromatic carbocycles. The number of hydrazone groups is 1. The number of hydrogen-bond donors (Lipinski definition) is 3. The van der Waals surface area contributed by atoms with Crippen LogP contribution in [-0.2, 0) is 6.18 Å². The lowest BCUT2D eigenvalue weighted by Crippen LogP contribution is -2.46. The molecule has 2 rings (SSSR count). The van der Waals surface area contributed by atoms with Crippen molar-refractivity contribution in [2.24, 2.45) is 16.8 Å². The third-order valence-corrected chi connectivity index (χ3v) is 2.70. The van der Waals surface area contributed by atoms with E-state index in [9.17, 15) is 18.0 Å². The van der Waals surface area contributed by atoms with Crippen LogP contribution in [0.25, 0.3) is 5.82 Å². The summed E-state index contributed by atoms with van der Waals surface area (Å²) in [6.07, 6.45) is -2.24. The standard InChI is InChI=1S/C11H12F3N9O.C2H6/c1-22(16)10(21-15)20-9(24)6-2-3-7(11(12,13)14)19-8(6)23-17-4-5-18-23;1-2/h2-5H,15-16H2,1H3,(H,20,21,24);1-2H3. The third kappa shape index (κ3) is 4.89. The molecule has 142 valence electrons. The summed E-state index contributed by atoms with van der Waals surface area (Å²) in [6.45, 7) is 4.00. The Morgan fingerprint density at radius 3 is 2.31 bits per heavy atom. The van der Waals surface area contributed by atoms with Gasteiger partial charge in [0.05, 0.1) is 18.0 Å². The predicted molar refractivity (Wildman–Crippen MR) is 86.5 cm³/mol. The van der Waals surface area contributed by atoms with E-state index in [1.54, 1.807) is 0 Å². The van der Waals surface area contributed by atoms with Crippen molar-refractivity contribution in [2.75, 3.05) is 7.05 Å². The summed E-state index contributed by atoms with van der Waals surface area (Å²) in [5, 5.41) is 13.8. The average Bonchev–Trinajstić information content (AvgIpc) is 3.14. The number of amides is 1. The van der Waals surface area contributed by atoms with Crippen molar-refractivity contribution in [3.05, 3.63) is 35.8 Å². The molecule has 0 fully saturated rings. The summed E-state index contributed by atoms with van der Waals surface area (Å²) >= 11 is 0. The van der Waals surface area contributed by atoms with Crippen molar-refractivity contribution < 1.29 is 18.0 Å². The van der Waals surface area contributed by atoms with E-state index in [4.69, 9.17) is 11.7 Å². The summed E-state index contributed by atoms with van der Waals surface area (Å²) in [7, 11) is 1.35. The Balaban J connectivity index is 0.00000163. The second kappa shape index (κ2) is 8.75. The Morgan fingerprint density at radius 1 is 1.27 bits per heavy atom. The molecule has 0 bridgehead atoms. The molecule has 0 spiro atoms. The average molecular weight is 373 g/mol. The number of rotatable bonds is 2. The van der Waals surface area contributed by atoms with E-state index in [0.717, 1.165) is 15.9 Å². The van der Waals surface area contributed by atoms with E-state index in [0.29, 0.717) is 6.07 Å². The first-order valence-electron chi connectivity index (χ1n) is 7.26. The Hall–Kier alpha value is -3.22. The number of nitrogens with two attached hydrogens (primary N) is 2. The molecule has 0 aliphatic carbocycles. The fourth-order valence-corrected chi connectivity index (χ4v) is 1.64. The molecule has 10 nitrogen and oxygen atoms in total. The van der Waals surface area contributed by atoms with Crippen LogP contribution in [0.15, 0.2) is 29.6 Å². The molecule has 0 radical (unpaired) electrons. The molecule has 26 heavy (non-hydrogen) atoms. The summed E-state index contributed by atoms with van der Waals surface area (Å²) < 4.78 is 38.5. The fraction of sp³-hybridized carbons (Fsp3) is 0.308. The van der Waals surface area contributed by atoms with Gasteiger partial charge in [0.15, 0.2) is 5.82 Å². The summed E-state index contributed by atoms with van der Waals surface area (Å²) in [6, 6.07) is 1.60. The molecule has 0 saturated heterocycles. The fourth-order valence-electron chi connectivity index (χ4n) is 1.64. The maximum atomic E-state index is 12.8. The summed E-state index contributed by atoms with van der Waals surface area (Å²) in [4.78, 5) is 16.5. The number of aromatic nitrogens is 4. The van der Waals surface area contributed by atoms with Crippen LogP contribution in [-0.4, -0.2) is 43.9 Å². The number of pyridine rings is 1. The second-order valence-corrected chi connectivity index (χ2v) is 4.40. The molecule has 0 aliphatic heterocycles. The molecule has 2 aromatic heterocycles. The first-order valence-corrected chi connectivity index (χ1v) is 7.26. The number of alkyl halides is 3. The zero-order valence-electron chi connectivity index (χ0n) is 14.2. The van der Waals surface area contributed by atoms with Crippen LogP contribution in [0.4, 0.5) is 13.2 Å². The van der Waals surface area contributed by atoms with E-state index >= 15 is 0 Å². The van der Waals surface area contributed by atoms with Gasteiger partial charge in [-0.1, -0.05) is 13.8 Å². The molecule has 0 unspecified atom stereocenters. The van der Waals surface area contributed by atoms with Crippen LogP contribution < -0.4 is 17.0 Å². The predicted octanol–water partition coefficient (Wildman–Crippen LogP) is 0.472. The number of halogens is 3. The largest absolute Gasteiger partial charge is 0.433 e. The second-order valence-electron chi connectivity index (χ2n) is 4.40. The Morgan fingerprint density at radius 2 is 1.85 bits per heavy atom. The van der Waals surface area contributed by atoms with Gasteiger partial charge in [-0.2, -0.15) is 23.4 Å². The maximum Gasteiger partial charge on any atom is 0.433 e. The molecule has 1 amide bonds. The van der Waals surface area contributed by atoms with Gasteiger partial charge in [0.2, 0.25) is 5.96 Å². The van der Waals surface area contributed by atoms with Crippen LogP contribution in [0.3, 0.4) is 0 Å². The van der Waals surface area contributed by atoms with Gasteiger partial charge in [-0.15, -0.1) is 9.90 Å². The summed E-state index contributed by atoms with van der Waals surface area (Å²) in [5.41, 5.74) is -1.43. The van der Waals surface area contributed by atoms with Crippen LogP contribution >= 0.6 is 0 Å². The highest BCUT2D eigenvalue weighted by Crippen LogP contribution is 2.28. The quantitative estimate of drug-likeness (QED) is 0.301. The molecular formula is C13H18F3N9O. The van der Waals surface area contributed by atoms with Crippen molar-refractivity contribution in [2.45, 2.75) is 20.0 Å². The van der Waals surface area contributed by atoms with Gasteiger partial charge in [0, 0.05) is 7.05 Å². The minimum atomic E-state index is -4.70. The van der Waals surface area contributed by atoms with Gasteiger partial charge in [-0.3, -0.25) is 15.1 Å². The van der Waals surface area contributed by atoms with Crippen molar-refractivity contribution >= 4 is 11.9 Å². The zero-order valence-corrected chi connectivity index (χ0v) is 14.2. The van der Waals surface area contributed by atoms with Crippen LogP contribution in [0, 0.1) is 0 Å². The van der Waals surface area contributed by atoms with Gasteiger partial charge < -0.3 is 5.84 Å². The van der Waals surface area contributed by atoms with Gasteiger partial charge in [0.25, 0.3) is 5.91 Å². The minimum Gasteiger partial charge on any atom is -0.320 e. The number of nitrogens with one attached hydrogen (secondary N) is 1. The van der Waals surface area contributed by atoms with Crippen molar-refractivity contribution in [1.82, 2.24) is 30.3 Å². The molecule has 5 N–H and O–H groups in total. The maximum absolute atomic E-state index is 12.8. The topological polar surface area (TPSA) is 140 Å². The van der Waals surface area contributed by atoms with Gasteiger partial charge >= 0.3 is 6.18 Å². The lowest BCUT2D eigenvalue weighted by Gasteiger charge is -2.16. The normalized spacial score (nSPS) is 11.4. The summed E-state index contributed by atoms with van der Waals surface area (Å²) in [5.74, 6) is 9.01. The molecule has 0 saturated carbocycles. The molecule has 13 heteroatoms. The third-order valence-electron chi connectivity index (χ3n) is 2.70. The Labute approximate surface area is 146 Å². The molecular weight excluding hydrogens is 355 g/mol. The molecule has 2 aromatic rings. The lowest BCUT2D eigenvalue weighted by molar-refractivity contribution is -0.141. The highest BCUT2D eigenvalue weighted by molar-refractivity contribution is 6.07. The monoisotopic (exact) mass is 373 g/mol. The first-order chi connectivity index (χ1) is 12.2. The number of hydrazine groups is 1. The Kier molecular flexibility index (Phi) is 7.01. The van der Waals surface area contributed by atoms with E-state index < -0.39 is 23.6 Å². The van der Waals surface area contributed by atoms with E-state index in [2.05, 4.69) is 25.6 Å². The zero-order chi connectivity index (χ0) is 19.9. The van der Waals surface area contributed by atoms with Crippen molar-refractivity contribution in [3.63, 3.8) is 0 Å². The van der Waals surface area contributed by atoms with Gasteiger partial charge in [0.1, 0.15) is 5.69 Å². The van der Waals surface area contributed by atoms with Crippen molar-refractivity contribution in [3.8, 4) is 5.82 Å². The highest BCUT2D eigenvalue weighted by Gasteiger charge is 2.34. The Bertz CT molecular complexity index is 757. The number of carbonyl (C=O) groups is 1. The molecule has 0 aliphatic rings. The minimum absolute atomic E-state index is 0.209. The van der Waals surface area contributed by atoms with E-state index in [1.807, 2.05) is 13.8 Å². The van der Waals surface area contributed by atoms with E-state index in [-0.39, 0.29) is 11.5 Å². The van der Waals surface area contributed by atoms with E-state index in [1.165, 1.54) is 19.4 Å².